The number of nitro groups is 1. The highest BCUT2D eigenvalue weighted by Gasteiger charge is 2.08. The van der Waals surface area contributed by atoms with Crippen LogP contribution in [-0.2, 0) is 6.54 Å². The van der Waals surface area contributed by atoms with E-state index in [-0.39, 0.29) is 9.92 Å². The Morgan fingerprint density at radius 3 is 2.35 bits per heavy atom. The first-order valence-electron chi connectivity index (χ1n) is 7.68. The SMILES string of the molecule is CCCCCCCCCCNCc1ccc([N+](=O)[O-])s1. The zero-order valence-corrected chi connectivity index (χ0v) is 13.2. The molecule has 0 unspecified atom stereocenters. The van der Waals surface area contributed by atoms with E-state index >= 15 is 0 Å². The van der Waals surface area contributed by atoms with Crippen molar-refractivity contribution in [2.75, 3.05) is 6.54 Å². The highest BCUT2D eigenvalue weighted by molar-refractivity contribution is 7.15. The highest BCUT2D eigenvalue weighted by atomic mass is 32.1. The molecule has 1 heterocycles. The molecule has 0 amide bonds. The zero-order chi connectivity index (χ0) is 14.6. The lowest BCUT2D eigenvalue weighted by Gasteiger charge is -2.03. The average molecular weight is 298 g/mol. The van der Waals surface area contributed by atoms with Gasteiger partial charge in [0.15, 0.2) is 0 Å². The van der Waals surface area contributed by atoms with Crippen LogP contribution in [0.25, 0.3) is 0 Å². The molecule has 0 saturated heterocycles. The van der Waals surface area contributed by atoms with E-state index in [1.165, 1.54) is 62.7 Å². The predicted molar refractivity (Wildman–Crippen MR) is 85.3 cm³/mol. The summed E-state index contributed by atoms with van der Waals surface area (Å²) in [6.07, 6.45) is 10.6. The minimum atomic E-state index is -0.327. The third-order valence-corrected chi connectivity index (χ3v) is 4.37. The van der Waals surface area contributed by atoms with Crippen molar-refractivity contribution in [1.82, 2.24) is 5.32 Å². The van der Waals surface area contributed by atoms with E-state index in [0.29, 0.717) is 0 Å². The first-order valence-corrected chi connectivity index (χ1v) is 8.49. The summed E-state index contributed by atoms with van der Waals surface area (Å²) >= 11 is 1.26. The topological polar surface area (TPSA) is 55.2 Å². The fraction of sp³-hybridized carbons (Fsp3) is 0.733. The second-order valence-electron chi connectivity index (χ2n) is 5.15. The largest absolute Gasteiger partial charge is 0.324 e. The summed E-state index contributed by atoms with van der Waals surface area (Å²) in [4.78, 5) is 11.3. The van der Waals surface area contributed by atoms with Crippen LogP contribution in [0.1, 0.15) is 63.2 Å². The minimum Gasteiger partial charge on any atom is -0.312 e. The molecule has 0 aromatic carbocycles. The summed E-state index contributed by atoms with van der Waals surface area (Å²) in [5.41, 5.74) is 0. The number of nitrogens with one attached hydrogen (secondary N) is 1. The van der Waals surface area contributed by atoms with Crippen LogP contribution in [-0.4, -0.2) is 11.5 Å². The van der Waals surface area contributed by atoms with E-state index in [9.17, 15) is 10.1 Å². The van der Waals surface area contributed by atoms with E-state index in [1.54, 1.807) is 6.07 Å². The Hall–Kier alpha value is -0.940. The molecule has 0 aliphatic heterocycles. The van der Waals surface area contributed by atoms with Gasteiger partial charge in [0, 0.05) is 17.5 Å². The van der Waals surface area contributed by atoms with Crippen molar-refractivity contribution in [3.05, 3.63) is 27.1 Å². The summed E-state index contributed by atoms with van der Waals surface area (Å²) in [6, 6.07) is 3.42. The molecule has 0 saturated carbocycles. The van der Waals surface area contributed by atoms with Crippen molar-refractivity contribution in [2.45, 2.75) is 64.8 Å². The highest BCUT2D eigenvalue weighted by Crippen LogP contribution is 2.23. The second kappa shape index (κ2) is 10.8. The van der Waals surface area contributed by atoms with Crippen LogP contribution >= 0.6 is 11.3 Å². The summed E-state index contributed by atoms with van der Waals surface area (Å²) in [6.45, 7) is 3.99. The van der Waals surface area contributed by atoms with Crippen LogP contribution < -0.4 is 5.32 Å². The van der Waals surface area contributed by atoms with Crippen LogP contribution in [0, 0.1) is 10.1 Å². The van der Waals surface area contributed by atoms with Crippen molar-refractivity contribution in [1.29, 1.82) is 0 Å². The maximum atomic E-state index is 10.6. The number of unbranched alkanes of at least 4 members (excludes halogenated alkanes) is 7. The molecule has 0 radical (unpaired) electrons. The lowest BCUT2D eigenvalue weighted by molar-refractivity contribution is -0.380. The molecule has 1 N–H and O–H groups in total. The number of rotatable bonds is 12. The molecule has 0 atom stereocenters. The molecule has 0 bridgehead atoms. The van der Waals surface area contributed by atoms with Gasteiger partial charge in [0.25, 0.3) is 0 Å². The lowest BCUT2D eigenvalue weighted by Crippen LogP contribution is -2.13. The Balaban J connectivity index is 1.93. The van der Waals surface area contributed by atoms with Gasteiger partial charge in [-0.1, -0.05) is 63.2 Å². The van der Waals surface area contributed by atoms with E-state index in [2.05, 4.69) is 12.2 Å². The van der Waals surface area contributed by atoms with E-state index in [4.69, 9.17) is 0 Å². The fourth-order valence-electron chi connectivity index (χ4n) is 2.16. The second-order valence-corrected chi connectivity index (χ2v) is 6.30. The molecule has 0 spiro atoms. The Bertz CT molecular complexity index is 380. The van der Waals surface area contributed by atoms with Crippen molar-refractivity contribution in [2.24, 2.45) is 0 Å². The fourth-order valence-corrected chi connectivity index (χ4v) is 2.94. The quantitative estimate of drug-likeness (QED) is 0.340. The smallest absolute Gasteiger partial charge is 0.312 e. The normalized spacial score (nSPS) is 10.8. The molecule has 1 aromatic rings. The van der Waals surface area contributed by atoms with E-state index < -0.39 is 0 Å². The maximum Gasteiger partial charge on any atom is 0.324 e. The molecular weight excluding hydrogens is 272 g/mol. The third-order valence-electron chi connectivity index (χ3n) is 3.33. The Kier molecular flexibility index (Phi) is 9.24. The van der Waals surface area contributed by atoms with Gasteiger partial charge < -0.3 is 5.32 Å². The molecule has 0 fully saturated rings. The van der Waals surface area contributed by atoms with Gasteiger partial charge in [-0.15, -0.1) is 0 Å². The molecule has 114 valence electrons. The van der Waals surface area contributed by atoms with E-state index in [1.807, 2.05) is 6.07 Å². The van der Waals surface area contributed by atoms with Gasteiger partial charge in [-0.3, -0.25) is 10.1 Å². The van der Waals surface area contributed by atoms with Gasteiger partial charge in [-0.25, -0.2) is 0 Å². The maximum absolute atomic E-state index is 10.6. The van der Waals surface area contributed by atoms with Gasteiger partial charge in [0.2, 0.25) is 0 Å². The van der Waals surface area contributed by atoms with Crippen LogP contribution in [0.15, 0.2) is 12.1 Å². The zero-order valence-electron chi connectivity index (χ0n) is 12.4. The third kappa shape index (κ3) is 7.60. The van der Waals surface area contributed by atoms with Crippen LogP contribution in [0.2, 0.25) is 0 Å². The van der Waals surface area contributed by atoms with Crippen molar-refractivity contribution < 1.29 is 4.92 Å². The molecule has 20 heavy (non-hydrogen) atoms. The molecule has 0 aliphatic carbocycles. The monoisotopic (exact) mass is 298 g/mol. The van der Waals surface area contributed by atoms with Gasteiger partial charge >= 0.3 is 5.00 Å². The predicted octanol–water partition coefficient (Wildman–Crippen LogP) is 4.89. The molecular formula is C15H26N2O2S. The first kappa shape index (κ1) is 17.1. The molecule has 0 aliphatic rings. The van der Waals surface area contributed by atoms with Crippen LogP contribution in [0.3, 0.4) is 0 Å². The Labute approximate surface area is 125 Å². The standard InChI is InChI=1S/C15H26N2O2S/c1-2-3-4-5-6-7-8-9-12-16-13-14-10-11-15(20-14)17(18)19/h10-11,16H,2-9,12-13H2,1H3. The van der Waals surface area contributed by atoms with Crippen molar-refractivity contribution >= 4 is 16.3 Å². The number of hydrogen-bond acceptors (Lipinski definition) is 4. The minimum absolute atomic E-state index is 0.230. The van der Waals surface area contributed by atoms with Crippen molar-refractivity contribution in [3.63, 3.8) is 0 Å². The Morgan fingerprint density at radius 2 is 1.75 bits per heavy atom. The van der Waals surface area contributed by atoms with Gasteiger partial charge in [-0.05, 0) is 19.0 Å². The average Bonchev–Trinajstić information content (AvgIpc) is 2.90. The molecule has 5 heteroatoms. The van der Waals surface area contributed by atoms with E-state index in [0.717, 1.165) is 18.0 Å². The van der Waals surface area contributed by atoms with Gasteiger partial charge in [0.1, 0.15) is 0 Å². The van der Waals surface area contributed by atoms with Gasteiger partial charge in [-0.2, -0.15) is 0 Å². The number of nitrogens with zero attached hydrogens (tertiary/aromatic N) is 1. The summed E-state index contributed by atoms with van der Waals surface area (Å²) in [7, 11) is 0. The molecule has 1 rings (SSSR count). The summed E-state index contributed by atoms with van der Waals surface area (Å²) in [5.74, 6) is 0. The number of thiophene rings is 1. The number of hydrogen-bond donors (Lipinski definition) is 1. The summed E-state index contributed by atoms with van der Waals surface area (Å²) < 4.78 is 0. The molecule has 1 aromatic heterocycles. The van der Waals surface area contributed by atoms with Gasteiger partial charge in [0.05, 0.1) is 4.92 Å². The van der Waals surface area contributed by atoms with Crippen LogP contribution in [0.4, 0.5) is 5.00 Å². The Morgan fingerprint density at radius 1 is 1.10 bits per heavy atom. The lowest BCUT2D eigenvalue weighted by atomic mass is 10.1. The first-order chi connectivity index (χ1) is 9.74. The summed E-state index contributed by atoms with van der Waals surface area (Å²) in [5, 5.41) is 14.1. The van der Waals surface area contributed by atoms with Crippen LogP contribution in [0.5, 0.6) is 0 Å². The molecule has 4 nitrogen and oxygen atoms in total. The van der Waals surface area contributed by atoms with Crippen molar-refractivity contribution in [3.8, 4) is 0 Å².